The second-order valence-electron chi connectivity index (χ2n) is 1.47. The fourth-order valence-electron chi connectivity index (χ4n) is 0.343. The van der Waals surface area contributed by atoms with Crippen LogP contribution in [0, 0.1) is 6.42 Å². The largest absolute Gasteiger partial charge is 0.481 e. The monoisotopic (exact) mass is 116 g/mol. The average Bonchev–Trinajstić information content (AvgIpc) is 1.66. The standard InChI is InChI=1S/C5H10NO2/c6-4-2-1-3-5(7)8/h3H,1-2,4,6H2,(H,7,8). The van der Waals surface area contributed by atoms with Gasteiger partial charge in [0.25, 0.3) is 0 Å². The molecule has 0 aliphatic carbocycles. The molecule has 3 N–H and O–H groups in total. The van der Waals surface area contributed by atoms with Crippen LogP contribution in [0.15, 0.2) is 0 Å². The minimum Gasteiger partial charge on any atom is -0.481 e. The number of rotatable bonds is 4. The van der Waals surface area contributed by atoms with E-state index in [1.165, 1.54) is 6.42 Å². The van der Waals surface area contributed by atoms with Crippen molar-refractivity contribution >= 4 is 5.97 Å². The number of hydrogen-bond acceptors (Lipinski definition) is 2. The quantitative estimate of drug-likeness (QED) is 0.509. The zero-order valence-electron chi connectivity index (χ0n) is 4.63. The Morgan fingerprint density at radius 2 is 2.38 bits per heavy atom. The minimum absolute atomic E-state index is 0.559. The van der Waals surface area contributed by atoms with Gasteiger partial charge in [-0.3, -0.25) is 4.79 Å². The Balaban J connectivity index is 2.82. The lowest BCUT2D eigenvalue weighted by atomic mass is 10.2. The molecule has 0 saturated heterocycles. The van der Waals surface area contributed by atoms with Crippen LogP contribution >= 0.6 is 0 Å². The summed E-state index contributed by atoms with van der Waals surface area (Å²) in [4.78, 5) is 9.78. The molecule has 3 heteroatoms. The molecule has 3 nitrogen and oxygen atoms in total. The van der Waals surface area contributed by atoms with E-state index in [0.717, 1.165) is 6.42 Å². The van der Waals surface area contributed by atoms with Crippen molar-refractivity contribution in [2.45, 2.75) is 12.8 Å². The topological polar surface area (TPSA) is 63.3 Å². The molecule has 0 spiro atoms. The molecule has 0 unspecified atom stereocenters. The normalized spacial score (nSPS) is 9.12. The molecule has 47 valence electrons. The number of nitrogens with two attached hydrogens (primary N) is 1. The van der Waals surface area contributed by atoms with E-state index in [0.29, 0.717) is 13.0 Å². The van der Waals surface area contributed by atoms with Crippen molar-refractivity contribution in [3.8, 4) is 0 Å². The summed E-state index contributed by atoms with van der Waals surface area (Å²) in [6.07, 6.45) is 2.55. The van der Waals surface area contributed by atoms with Gasteiger partial charge in [0, 0.05) is 0 Å². The summed E-state index contributed by atoms with van der Waals surface area (Å²) in [5, 5.41) is 8.04. The van der Waals surface area contributed by atoms with Crippen LogP contribution in [0.5, 0.6) is 0 Å². The fourth-order valence-corrected chi connectivity index (χ4v) is 0.343. The van der Waals surface area contributed by atoms with Gasteiger partial charge in [0.2, 0.25) is 0 Å². The van der Waals surface area contributed by atoms with Crippen molar-refractivity contribution in [2.75, 3.05) is 6.54 Å². The molecule has 0 aromatic carbocycles. The maximum absolute atomic E-state index is 9.78. The van der Waals surface area contributed by atoms with Crippen molar-refractivity contribution in [1.82, 2.24) is 0 Å². The third-order valence-corrected chi connectivity index (χ3v) is 0.727. The van der Waals surface area contributed by atoms with E-state index in [9.17, 15) is 4.79 Å². The molecule has 0 aromatic heterocycles. The molecule has 0 atom stereocenters. The van der Waals surface area contributed by atoms with Crippen molar-refractivity contribution in [2.24, 2.45) is 5.73 Å². The van der Waals surface area contributed by atoms with E-state index in [1.54, 1.807) is 0 Å². The number of unbranched alkanes of at least 4 members (excludes halogenated alkanes) is 1. The molecule has 8 heavy (non-hydrogen) atoms. The van der Waals surface area contributed by atoms with Gasteiger partial charge in [-0.25, -0.2) is 0 Å². The predicted octanol–water partition coefficient (Wildman–Crippen LogP) is 0.0142. The minimum atomic E-state index is -0.863. The molecule has 1 radical (unpaired) electrons. The highest BCUT2D eigenvalue weighted by Crippen LogP contribution is 1.89. The third kappa shape index (κ3) is 5.43. The second kappa shape index (κ2) is 4.59. The van der Waals surface area contributed by atoms with Crippen LogP contribution < -0.4 is 5.73 Å². The summed E-state index contributed by atoms with van der Waals surface area (Å²) in [6, 6.07) is 0. The molecule has 0 aromatic rings. The smallest absolute Gasteiger partial charge is 0.307 e. The molecule has 0 rings (SSSR count). The maximum atomic E-state index is 9.78. The second-order valence-corrected chi connectivity index (χ2v) is 1.47. The summed E-state index contributed by atoms with van der Waals surface area (Å²) < 4.78 is 0. The molecular weight excluding hydrogens is 106 g/mol. The summed E-state index contributed by atoms with van der Waals surface area (Å²) in [5.41, 5.74) is 5.10. The Kier molecular flexibility index (Phi) is 4.26. The Hall–Kier alpha value is -0.570. The molecular formula is C5H10NO2. The lowest BCUT2D eigenvalue weighted by Crippen LogP contribution is -2.01. The van der Waals surface area contributed by atoms with Crippen LogP contribution in [0.4, 0.5) is 0 Å². The van der Waals surface area contributed by atoms with Gasteiger partial charge < -0.3 is 10.8 Å². The summed E-state index contributed by atoms with van der Waals surface area (Å²) >= 11 is 0. The molecule has 0 saturated carbocycles. The van der Waals surface area contributed by atoms with Crippen LogP contribution in [0.2, 0.25) is 0 Å². The highest BCUT2D eigenvalue weighted by atomic mass is 16.4. The number of aliphatic carboxylic acids is 1. The van der Waals surface area contributed by atoms with Gasteiger partial charge in [-0.05, 0) is 19.4 Å². The highest BCUT2D eigenvalue weighted by Gasteiger charge is 1.93. The van der Waals surface area contributed by atoms with Crippen LogP contribution in [0.25, 0.3) is 0 Å². The van der Waals surface area contributed by atoms with Gasteiger partial charge in [0.05, 0.1) is 6.42 Å². The first-order chi connectivity index (χ1) is 3.77. The number of hydrogen-bond donors (Lipinski definition) is 2. The lowest BCUT2D eigenvalue weighted by molar-refractivity contribution is -0.133. The van der Waals surface area contributed by atoms with Crippen molar-refractivity contribution in [1.29, 1.82) is 0 Å². The Morgan fingerprint density at radius 1 is 1.75 bits per heavy atom. The van der Waals surface area contributed by atoms with Crippen molar-refractivity contribution < 1.29 is 9.90 Å². The van der Waals surface area contributed by atoms with Gasteiger partial charge in [0.1, 0.15) is 0 Å². The first kappa shape index (κ1) is 7.43. The Labute approximate surface area is 48.5 Å². The fraction of sp³-hybridized carbons (Fsp3) is 0.600. The molecule has 0 bridgehead atoms. The lowest BCUT2D eigenvalue weighted by Gasteiger charge is -1.89. The zero-order chi connectivity index (χ0) is 6.41. The van der Waals surface area contributed by atoms with E-state index < -0.39 is 5.97 Å². The molecule has 0 amide bonds. The van der Waals surface area contributed by atoms with E-state index in [1.807, 2.05) is 0 Å². The molecule has 0 aliphatic rings. The number of carboxylic acid groups (broad SMARTS) is 1. The molecule has 0 heterocycles. The first-order valence-electron chi connectivity index (χ1n) is 2.53. The van der Waals surface area contributed by atoms with Crippen LogP contribution in [0.3, 0.4) is 0 Å². The predicted molar refractivity (Wildman–Crippen MR) is 30.2 cm³/mol. The van der Waals surface area contributed by atoms with Gasteiger partial charge in [-0.15, -0.1) is 0 Å². The number of carboxylic acids is 1. The molecule has 0 aliphatic heterocycles. The Morgan fingerprint density at radius 3 is 2.75 bits per heavy atom. The summed E-state index contributed by atoms with van der Waals surface area (Å²) in [6.45, 7) is 0.559. The van der Waals surface area contributed by atoms with Gasteiger partial charge >= 0.3 is 5.97 Å². The molecule has 0 fully saturated rings. The van der Waals surface area contributed by atoms with E-state index >= 15 is 0 Å². The summed E-state index contributed by atoms with van der Waals surface area (Å²) in [5.74, 6) is -0.863. The first-order valence-corrected chi connectivity index (χ1v) is 2.53. The average molecular weight is 116 g/mol. The maximum Gasteiger partial charge on any atom is 0.307 e. The van der Waals surface area contributed by atoms with E-state index in [4.69, 9.17) is 10.8 Å². The van der Waals surface area contributed by atoms with E-state index in [2.05, 4.69) is 0 Å². The van der Waals surface area contributed by atoms with Crippen LogP contribution in [0.1, 0.15) is 12.8 Å². The van der Waals surface area contributed by atoms with Crippen molar-refractivity contribution in [3.05, 3.63) is 6.42 Å². The summed E-state index contributed by atoms with van der Waals surface area (Å²) in [7, 11) is 0. The Bertz CT molecular complexity index is 72.8. The van der Waals surface area contributed by atoms with Crippen molar-refractivity contribution in [3.63, 3.8) is 0 Å². The number of carbonyl (C=O) groups is 1. The van der Waals surface area contributed by atoms with Crippen LogP contribution in [-0.2, 0) is 4.79 Å². The SMILES string of the molecule is NCCC[CH]C(=O)O. The third-order valence-electron chi connectivity index (χ3n) is 0.727. The van der Waals surface area contributed by atoms with Gasteiger partial charge in [0.15, 0.2) is 0 Å². The van der Waals surface area contributed by atoms with Crippen LogP contribution in [-0.4, -0.2) is 17.6 Å². The zero-order valence-corrected chi connectivity index (χ0v) is 4.63. The van der Waals surface area contributed by atoms with Gasteiger partial charge in [-0.2, -0.15) is 0 Å². The van der Waals surface area contributed by atoms with E-state index in [-0.39, 0.29) is 0 Å². The highest BCUT2D eigenvalue weighted by molar-refractivity contribution is 5.76. The van der Waals surface area contributed by atoms with Gasteiger partial charge in [-0.1, -0.05) is 0 Å².